The van der Waals surface area contributed by atoms with Gasteiger partial charge in [0, 0.05) is 12.8 Å². The van der Waals surface area contributed by atoms with Crippen LogP contribution >= 0.6 is 0 Å². The van der Waals surface area contributed by atoms with E-state index in [0.717, 1.165) is 19.4 Å². The molecule has 0 aromatic rings. The monoisotopic (exact) mass is 124 g/mol. The van der Waals surface area contributed by atoms with Gasteiger partial charge in [-0.2, -0.15) is 0 Å². The molecule has 2 N–H and O–H groups in total. The van der Waals surface area contributed by atoms with Gasteiger partial charge < -0.3 is 10.6 Å². The second kappa shape index (κ2) is 2.84. The van der Waals surface area contributed by atoms with Crippen molar-refractivity contribution in [3.8, 4) is 0 Å². The maximum Gasteiger partial charge on any atom is 0.224 e. The van der Waals surface area contributed by atoms with E-state index >= 15 is 0 Å². The molecular formula is C7H12N2. The molecule has 2 nitrogen and oxygen atoms in total. The van der Waals surface area contributed by atoms with Crippen LogP contribution in [0.5, 0.6) is 0 Å². The first-order valence-corrected chi connectivity index (χ1v) is 3.43. The summed E-state index contributed by atoms with van der Waals surface area (Å²) in [6.45, 7) is 7.52. The van der Waals surface area contributed by atoms with Crippen molar-refractivity contribution < 1.29 is 0 Å². The Kier molecular flexibility index (Phi) is 2.07. The lowest BCUT2D eigenvalue weighted by molar-refractivity contribution is 0.559. The van der Waals surface area contributed by atoms with Crippen LogP contribution in [-0.4, -0.2) is 12.6 Å². The molecule has 1 fully saturated rings. The molecule has 1 rings (SSSR count). The zero-order valence-electron chi connectivity index (χ0n) is 5.51. The number of hydrogen-bond donors (Lipinski definition) is 1. The van der Waals surface area contributed by atoms with Crippen LogP contribution < -0.4 is 5.73 Å². The third-order valence-corrected chi connectivity index (χ3v) is 2.03. The van der Waals surface area contributed by atoms with Crippen LogP contribution in [-0.2, 0) is 0 Å². The van der Waals surface area contributed by atoms with Crippen molar-refractivity contribution in [2.75, 3.05) is 6.54 Å². The van der Waals surface area contributed by atoms with Crippen molar-refractivity contribution in [2.45, 2.75) is 25.3 Å². The van der Waals surface area contributed by atoms with Gasteiger partial charge >= 0.3 is 0 Å². The predicted molar refractivity (Wildman–Crippen MR) is 36.8 cm³/mol. The molecule has 0 saturated heterocycles. The largest absolute Gasteiger partial charge is 0.330 e. The van der Waals surface area contributed by atoms with Crippen LogP contribution in [0, 0.1) is 12.5 Å². The standard InChI is InChI=1S/C7H12N2/c1-9-7-3-2-6(4-7)5-8/h6-7H,2-5,8H2/t6-,7+/m0/s1. The fraction of sp³-hybridized carbons (Fsp3) is 0.857. The van der Waals surface area contributed by atoms with Gasteiger partial charge in [-0.25, -0.2) is 6.57 Å². The Labute approximate surface area is 55.9 Å². The SMILES string of the molecule is [C-]#[N+][C@@H]1CC[C@H](CN)C1. The summed E-state index contributed by atoms with van der Waals surface area (Å²) in [5, 5.41) is 0. The molecule has 2 atom stereocenters. The zero-order valence-corrected chi connectivity index (χ0v) is 5.51. The quantitative estimate of drug-likeness (QED) is 0.520. The van der Waals surface area contributed by atoms with Gasteiger partial charge in [0.2, 0.25) is 6.04 Å². The third-order valence-electron chi connectivity index (χ3n) is 2.03. The van der Waals surface area contributed by atoms with Gasteiger partial charge in [-0.3, -0.25) is 0 Å². The number of rotatable bonds is 1. The van der Waals surface area contributed by atoms with Crippen LogP contribution in [0.15, 0.2) is 0 Å². The van der Waals surface area contributed by atoms with Gasteiger partial charge in [-0.05, 0) is 18.9 Å². The Balaban J connectivity index is 2.31. The highest BCUT2D eigenvalue weighted by atomic mass is 14.7. The maximum absolute atomic E-state index is 6.75. The molecule has 0 bridgehead atoms. The summed E-state index contributed by atoms with van der Waals surface area (Å²) < 4.78 is 0. The average Bonchev–Trinajstić information content (AvgIpc) is 2.34. The topological polar surface area (TPSA) is 30.4 Å². The van der Waals surface area contributed by atoms with E-state index in [9.17, 15) is 0 Å². The molecule has 0 spiro atoms. The Morgan fingerprint density at radius 2 is 2.33 bits per heavy atom. The molecule has 1 aliphatic rings. The highest BCUT2D eigenvalue weighted by molar-refractivity contribution is 4.88. The molecule has 1 saturated carbocycles. The summed E-state index contributed by atoms with van der Waals surface area (Å²) in [5.41, 5.74) is 5.45. The number of nitrogens with zero attached hydrogens (tertiary/aromatic N) is 1. The molecule has 0 aromatic heterocycles. The van der Waals surface area contributed by atoms with Gasteiger partial charge in [-0.1, -0.05) is 0 Å². The Morgan fingerprint density at radius 3 is 2.67 bits per heavy atom. The molecule has 0 aromatic carbocycles. The van der Waals surface area contributed by atoms with E-state index in [1.807, 2.05) is 0 Å². The molecule has 2 heteroatoms. The van der Waals surface area contributed by atoms with E-state index in [4.69, 9.17) is 12.3 Å². The molecule has 1 aliphatic carbocycles. The van der Waals surface area contributed by atoms with Crippen molar-refractivity contribution in [1.82, 2.24) is 0 Å². The van der Waals surface area contributed by atoms with Gasteiger partial charge in [0.15, 0.2) is 0 Å². The summed E-state index contributed by atoms with van der Waals surface area (Å²) in [6, 6.07) is 0.290. The lowest BCUT2D eigenvalue weighted by Gasteiger charge is -1.99. The highest BCUT2D eigenvalue weighted by Gasteiger charge is 2.26. The smallest absolute Gasteiger partial charge is 0.224 e. The fourth-order valence-electron chi connectivity index (χ4n) is 1.38. The molecule has 50 valence electrons. The minimum Gasteiger partial charge on any atom is -0.330 e. The summed E-state index contributed by atoms with van der Waals surface area (Å²) in [5.74, 6) is 0.643. The molecule has 0 heterocycles. The van der Waals surface area contributed by atoms with E-state index in [-0.39, 0.29) is 0 Å². The van der Waals surface area contributed by atoms with Crippen molar-refractivity contribution in [2.24, 2.45) is 11.7 Å². The minimum absolute atomic E-state index is 0.290. The van der Waals surface area contributed by atoms with Crippen LogP contribution in [0.25, 0.3) is 4.85 Å². The summed E-state index contributed by atoms with van der Waals surface area (Å²) in [4.78, 5) is 3.48. The first-order valence-electron chi connectivity index (χ1n) is 3.43. The van der Waals surface area contributed by atoms with E-state index in [2.05, 4.69) is 4.85 Å². The fourth-order valence-corrected chi connectivity index (χ4v) is 1.38. The predicted octanol–water partition coefficient (Wildman–Crippen LogP) is 1.03. The molecular weight excluding hydrogens is 112 g/mol. The number of nitrogens with two attached hydrogens (primary N) is 1. The van der Waals surface area contributed by atoms with E-state index < -0.39 is 0 Å². The molecule has 0 unspecified atom stereocenters. The lowest BCUT2D eigenvalue weighted by Crippen LogP contribution is -2.10. The van der Waals surface area contributed by atoms with Gasteiger partial charge in [-0.15, -0.1) is 0 Å². The second-order valence-corrected chi connectivity index (χ2v) is 2.70. The lowest BCUT2D eigenvalue weighted by atomic mass is 10.1. The first-order chi connectivity index (χ1) is 4.36. The third kappa shape index (κ3) is 1.43. The van der Waals surface area contributed by atoms with Crippen molar-refractivity contribution in [3.05, 3.63) is 11.4 Å². The Hall–Kier alpha value is -0.550. The second-order valence-electron chi connectivity index (χ2n) is 2.70. The summed E-state index contributed by atoms with van der Waals surface area (Å²) >= 11 is 0. The molecule has 9 heavy (non-hydrogen) atoms. The van der Waals surface area contributed by atoms with Gasteiger partial charge in [0.1, 0.15) is 0 Å². The average molecular weight is 124 g/mol. The summed E-state index contributed by atoms with van der Waals surface area (Å²) in [7, 11) is 0. The maximum atomic E-state index is 6.75. The van der Waals surface area contributed by atoms with E-state index in [1.165, 1.54) is 6.42 Å². The van der Waals surface area contributed by atoms with Crippen molar-refractivity contribution >= 4 is 0 Å². The molecule has 0 amide bonds. The summed E-state index contributed by atoms with van der Waals surface area (Å²) in [6.07, 6.45) is 3.29. The van der Waals surface area contributed by atoms with Crippen LogP contribution in [0.3, 0.4) is 0 Å². The normalized spacial score (nSPS) is 34.2. The van der Waals surface area contributed by atoms with Gasteiger partial charge in [0.25, 0.3) is 0 Å². The zero-order chi connectivity index (χ0) is 6.69. The highest BCUT2D eigenvalue weighted by Crippen LogP contribution is 2.26. The molecule has 0 aliphatic heterocycles. The van der Waals surface area contributed by atoms with E-state index in [1.54, 1.807) is 0 Å². The number of hydrogen-bond acceptors (Lipinski definition) is 1. The Bertz CT molecular complexity index is 125. The molecule has 0 radical (unpaired) electrons. The minimum atomic E-state index is 0.290. The Morgan fingerprint density at radius 1 is 1.56 bits per heavy atom. The first kappa shape index (κ1) is 6.57. The van der Waals surface area contributed by atoms with Crippen LogP contribution in [0.4, 0.5) is 0 Å². The van der Waals surface area contributed by atoms with E-state index in [0.29, 0.717) is 12.0 Å². The van der Waals surface area contributed by atoms with Gasteiger partial charge in [0.05, 0.1) is 0 Å². The van der Waals surface area contributed by atoms with Crippen LogP contribution in [0.1, 0.15) is 19.3 Å². The van der Waals surface area contributed by atoms with Crippen LogP contribution in [0.2, 0.25) is 0 Å². The van der Waals surface area contributed by atoms with Crippen molar-refractivity contribution in [1.29, 1.82) is 0 Å². The van der Waals surface area contributed by atoms with Crippen molar-refractivity contribution in [3.63, 3.8) is 0 Å².